The summed E-state index contributed by atoms with van der Waals surface area (Å²) in [5.41, 5.74) is 1.01. The minimum absolute atomic E-state index is 0.228. The molecule has 0 bridgehead atoms. The van der Waals surface area contributed by atoms with Gasteiger partial charge in [-0.15, -0.1) is 0 Å². The van der Waals surface area contributed by atoms with Gasteiger partial charge in [0, 0.05) is 23.1 Å². The molecule has 0 heterocycles. The largest absolute Gasteiger partial charge is 0.496 e. The third-order valence-electron chi connectivity index (χ3n) is 4.28. The first-order valence-corrected chi connectivity index (χ1v) is 12.4. The van der Waals surface area contributed by atoms with Crippen molar-refractivity contribution in [2.24, 2.45) is 0 Å². The molecule has 0 fully saturated rings. The van der Waals surface area contributed by atoms with Crippen LogP contribution in [0.15, 0.2) is 35.7 Å². The van der Waals surface area contributed by atoms with Gasteiger partial charge in [0.2, 0.25) is 0 Å². The second-order valence-electron chi connectivity index (χ2n) is 6.52. The first kappa shape index (κ1) is 24.7. The summed E-state index contributed by atoms with van der Waals surface area (Å²) in [5, 5.41) is 1.03. The maximum atomic E-state index is 12.7. The summed E-state index contributed by atoms with van der Waals surface area (Å²) >= 11 is 0. The fourth-order valence-electron chi connectivity index (χ4n) is 2.92. The molecule has 0 saturated heterocycles. The van der Waals surface area contributed by atoms with Crippen LogP contribution < -0.4 is 18.9 Å². The average Bonchev–Trinajstić information content (AvgIpc) is 2.70. The van der Waals surface area contributed by atoms with Gasteiger partial charge in [0.15, 0.2) is 9.84 Å². The van der Waals surface area contributed by atoms with Crippen LogP contribution in [0.25, 0.3) is 6.08 Å². The number of benzene rings is 2. The molecular formula is C20H25O9PS. The van der Waals surface area contributed by atoms with E-state index in [1.54, 1.807) is 12.1 Å². The van der Waals surface area contributed by atoms with E-state index < -0.39 is 23.6 Å². The van der Waals surface area contributed by atoms with E-state index in [-0.39, 0.29) is 17.1 Å². The lowest BCUT2D eigenvalue weighted by Crippen LogP contribution is -2.02. The molecule has 0 aliphatic rings. The van der Waals surface area contributed by atoms with Gasteiger partial charge in [0.1, 0.15) is 23.0 Å². The molecule has 2 rings (SSSR count). The summed E-state index contributed by atoms with van der Waals surface area (Å²) in [4.78, 5) is 18.5. The highest BCUT2D eigenvalue weighted by Gasteiger charge is 2.19. The minimum atomic E-state index is -4.36. The second kappa shape index (κ2) is 10.2. The fourth-order valence-corrected chi connectivity index (χ4v) is 4.69. The van der Waals surface area contributed by atoms with Gasteiger partial charge >= 0.3 is 7.60 Å². The van der Waals surface area contributed by atoms with E-state index in [4.69, 9.17) is 18.9 Å². The van der Waals surface area contributed by atoms with Gasteiger partial charge in [0.25, 0.3) is 0 Å². The molecule has 0 aromatic heterocycles. The number of hydrogen-bond acceptors (Lipinski definition) is 7. The number of rotatable bonds is 10. The molecule has 0 aliphatic carbocycles. The van der Waals surface area contributed by atoms with Gasteiger partial charge < -0.3 is 28.7 Å². The maximum absolute atomic E-state index is 12.7. The van der Waals surface area contributed by atoms with E-state index in [0.29, 0.717) is 28.4 Å². The van der Waals surface area contributed by atoms with Crippen molar-refractivity contribution in [2.75, 3.05) is 28.4 Å². The lowest BCUT2D eigenvalue weighted by atomic mass is 10.1. The summed E-state index contributed by atoms with van der Waals surface area (Å²) in [5.74, 6) is 1.13. The van der Waals surface area contributed by atoms with E-state index in [2.05, 4.69) is 0 Å². The SMILES string of the molecule is COc1cc(OC)c(/C=C/S(=O)(=O)Cc2ccc(OC)c(CP(=O)(O)O)c2)c(OC)c1. The van der Waals surface area contributed by atoms with Crippen LogP contribution in [0.5, 0.6) is 23.0 Å². The molecule has 31 heavy (non-hydrogen) atoms. The van der Waals surface area contributed by atoms with Crippen LogP contribution in [0, 0.1) is 0 Å². The van der Waals surface area contributed by atoms with Gasteiger partial charge in [-0.3, -0.25) is 4.57 Å². The van der Waals surface area contributed by atoms with Crippen molar-refractivity contribution in [2.45, 2.75) is 11.9 Å². The molecule has 0 amide bonds. The van der Waals surface area contributed by atoms with Crippen molar-refractivity contribution < 1.29 is 41.7 Å². The predicted octanol–water partition coefficient (Wildman–Crippen LogP) is 2.98. The predicted molar refractivity (Wildman–Crippen MR) is 116 cm³/mol. The Kier molecular flexibility index (Phi) is 8.14. The van der Waals surface area contributed by atoms with Gasteiger partial charge in [-0.25, -0.2) is 8.42 Å². The van der Waals surface area contributed by atoms with Crippen LogP contribution in [-0.2, 0) is 26.3 Å². The Morgan fingerprint density at radius 2 is 1.48 bits per heavy atom. The Morgan fingerprint density at radius 1 is 0.903 bits per heavy atom. The molecule has 2 aromatic carbocycles. The van der Waals surface area contributed by atoms with E-state index in [0.717, 1.165) is 5.41 Å². The van der Waals surface area contributed by atoms with Crippen molar-refractivity contribution in [1.82, 2.24) is 0 Å². The Morgan fingerprint density at radius 3 is 1.97 bits per heavy atom. The van der Waals surface area contributed by atoms with Gasteiger partial charge in [0.05, 0.1) is 45.9 Å². The smallest absolute Gasteiger partial charge is 0.330 e. The first-order valence-electron chi connectivity index (χ1n) is 8.93. The van der Waals surface area contributed by atoms with Crippen LogP contribution >= 0.6 is 7.60 Å². The Balaban J connectivity index is 2.35. The van der Waals surface area contributed by atoms with E-state index in [9.17, 15) is 22.8 Å². The number of ether oxygens (including phenoxy) is 4. The minimum Gasteiger partial charge on any atom is -0.496 e. The molecule has 0 radical (unpaired) electrons. The van der Waals surface area contributed by atoms with Gasteiger partial charge in [-0.2, -0.15) is 0 Å². The van der Waals surface area contributed by atoms with Crippen LogP contribution in [0.4, 0.5) is 0 Å². The standard InChI is InChI=1S/C20H25O9PS/c1-26-16-10-19(28-3)17(20(11-16)29-4)7-8-31(24,25)13-14-5-6-18(27-2)15(9-14)12-30(21,22)23/h5-11H,12-13H2,1-4H3,(H2,21,22,23)/b8-7+. The fraction of sp³-hybridized carbons (Fsp3) is 0.300. The topological polar surface area (TPSA) is 129 Å². The van der Waals surface area contributed by atoms with Crippen molar-refractivity contribution in [3.8, 4) is 23.0 Å². The number of hydrogen-bond donors (Lipinski definition) is 2. The van der Waals surface area contributed by atoms with Crippen molar-refractivity contribution in [3.05, 3.63) is 52.4 Å². The average molecular weight is 472 g/mol. The monoisotopic (exact) mass is 472 g/mol. The highest BCUT2D eigenvalue weighted by Crippen LogP contribution is 2.42. The molecule has 2 aromatic rings. The summed E-state index contributed by atoms with van der Waals surface area (Å²) < 4.78 is 57.6. The van der Waals surface area contributed by atoms with Gasteiger partial charge in [-0.05, 0) is 17.7 Å². The maximum Gasteiger partial charge on any atom is 0.330 e. The normalized spacial score (nSPS) is 12.1. The molecule has 0 saturated carbocycles. The Labute approximate surface area is 181 Å². The highest BCUT2D eigenvalue weighted by molar-refractivity contribution is 7.93. The third kappa shape index (κ3) is 7.00. The molecular weight excluding hydrogens is 447 g/mol. The quantitative estimate of drug-likeness (QED) is 0.502. The number of sulfone groups is 1. The van der Waals surface area contributed by atoms with Crippen LogP contribution in [0.2, 0.25) is 0 Å². The third-order valence-corrected chi connectivity index (χ3v) is 6.32. The molecule has 0 aliphatic heterocycles. The van der Waals surface area contributed by atoms with Crippen LogP contribution in [0.3, 0.4) is 0 Å². The second-order valence-corrected chi connectivity index (χ2v) is 10.1. The molecule has 9 nitrogen and oxygen atoms in total. The van der Waals surface area contributed by atoms with Crippen LogP contribution in [0.1, 0.15) is 16.7 Å². The summed E-state index contributed by atoms with van der Waals surface area (Å²) in [6.07, 6.45) is 0.812. The highest BCUT2D eigenvalue weighted by atomic mass is 32.2. The zero-order valence-corrected chi connectivity index (χ0v) is 19.3. The number of methoxy groups -OCH3 is 4. The Hall–Kier alpha value is -2.52. The van der Waals surface area contributed by atoms with Crippen molar-refractivity contribution >= 4 is 23.5 Å². The summed E-state index contributed by atoms with van der Waals surface area (Å²) in [6, 6.07) is 7.63. The summed E-state index contributed by atoms with van der Waals surface area (Å²) in [6.45, 7) is 0. The van der Waals surface area contributed by atoms with Gasteiger partial charge in [-0.1, -0.05) is 12.1 Å². The molecule has 170 valence electrons. The van der Waals surface area contributed by atoms with Crippen LogP contribution in [-0.4, -0.2) is 46.6 Å². The molecule has 0 spiro atoms. The van der Waals surface area contributed by atoms with E-state index in [1.807, 2.05) is 0 Å². The lowest BCUT2D eigenvalue weighted by Gasteiger charge is -2.13. The van der Waals surface area contributed by atoms with Crippen molar-refractivity contribution in [3.63, 3.8) is 0 Å². The molecule has 0 atom stereocenters. The summed E-state index contributed by atoms with van der Waals surface area (Å²) in [7, 11) is -2.35. The Bertz CT molecular complexity index is 1080. The zero-order valence-electron chi connectivity index (χ0n) is 17.6. The molecule has 2 N–H and O–H groups in total. The first-order chi connectivity index (χ1) is 14.5. The molecule has 0 unspecified atom stereocenters. The lowest BCUT2D eigenvalue weighted by molar-refractivity contribution is 0.368. The molecule has 11 heteroatoms. The van der Waals surface area contributed by atoms with Crippen molar-refractivity contribution in [1.29, 1.82) is 0 Å². The van der Waals surface area contributed by atoms with E-state index in [1.165, 1.54) is 52.7 Å². The zero-order chi connectivity index (χ0) is 23.2. The van der Waals surface area contributed by atoms with E-state index >= 15 is 0 Å².